The van der Waals surface area contributed by atoms with Gasteiger partial charge in [0.25, 0.3) is 0 Å². The predicted octanol–water partition coefficient (Wildman–Crippen LogP) is 3.83. The van der Waals surface area contributed by atoms with Gasteiger partial charge in [0.15, 0.2) is 0 Å². The van der Waals surface area contributed by atoms with Crippen LogP contribution in [0.4, 0.5) is 18.9 Å². The van der Waals surface area contributed by atoms with Gasteiger partial charge in [0, 0.05) is 6.42 Å². The van der Waals surface area contributed by atoms with E-state index in [1.165, 1.54) is 24.3 Å². The third-order valence-electron chi connectivity index (χ3n) is 1.82. The highest BCUT2D eigenvalue weighted by molar-refractivity contribution is 6.67. The molecule has 0 saturated heterocycles. The van der Waals surface area contributed by atoms with Gasteiger partial charge in [-0.15, -0.1) is 0 Å². The van der Waals surface area contributed by atoms with Crippen LogP contribution in [0.5, 0.6) is 5.75 Å². The number of carbonyl (C=O) groups is 1. The first-order chi connectivity index (χ1) is 8.32. The number of alkyl halides is 3. The van der Waals surface area contributed by atoms with Gasteiger partial charge in [0.05, 0.1) is 5.69 Å². The summed E-state index contributed by atoms with van der Waals surface area (Å²) in [6, 6.07) is 5.22. The first-order valence-electron chi connectivity index (χ1n) is 4.95. The number of esters is 1. The highest BCUT2D eigenvalue weighted by Crippen LogP contribution is 2.25. The Balaban J connectivity index is 2.81. The van der Waals surface area contributed by atoms with Crippen molar-refractivity contribution in [2.45, 2.75) is 19.5 Å². The molecule has 3 nitrogen and oxygen atoms in total. The van der Waals surface area contributed by atoms with Gasteiger partial charge < -0.3 is 4.74 Å². The molecule has 0 atom stereocenters. The van der Waals surface area contributed by atoms with Crippen LogP contribution < -0.4 is 4.74 Å². The molecule has 1 rings (SSSR count). The topological polar surface area (TPSA) is 38.7 Å². The van der Waals surface area contributed by atoms with Crippen molar-refractivity contribution < 1.29 is 22.7 Å². The van der Waals surface area contributed by atoms with Crippen molar-refractivity contribution in [2.24, 2.45) is 4.99 Å². The maximum absolute atomic E-state index is 12.1. The molecule has 1 aromatic rings. The molecule has 0 fully saturated rings. The lowest BCUT2D eigenvalue weighted by Crippen LogP contribution is -2.16. The number of nitrogens with zero attached hydrogens (tertiary/aromatic N) is 1. The molecule has 0 heterocycles. The van der Waals surface area contributed by atoms with Gasteiger partial charge >= 0.3 is 12.1 Å². The maximum Gasteiger partial charge on any atom is 0.444 e. The number of ether oxygens (including phenoxy) is 1. The number of hydrogen-bond acceptors (Lipinski definition) is 3. The van der Waals surface area contributed by atoms with E-state index in [4.69, 9.17) is 16.3 Å². The summed E-state index contributed by atoms with van der Waals surface area (Å²) in [5.41, 5.74) is 0.0219. The fourth-order valence-electron chi connectivity index (χ4n) is 0.969. The summed E-state index contributed by atoms with van der Waals surface area (Å²) in [4.78, 5) is 14.1. The molecule has 0 aliphatic carbocycles. The first kappa shape index (κ1) is 14.5. The lowest BCUT2D eigenvalue weighted by atomic mass is 10.3. The zero-order valence-electron chi connectivity index (χ0n) is 9.29. The second-order valence-electron chi connectivity index (χ2n) is 3.22. The Hall–Kier alpha value is -1.56. The molecule has 0 saturated carbocycles. The maximum atomic E-state index is 12.1. The molecule has 7 heteroatoms. The van der Waals surface area contributed by atoms with Crippen LogP contribution in [0.1, 0.15) is 13.3 Å². The molecule has 0 radical (unpaired) electrons. The number of carbonyl (C=O) groups excluding carboxylic acids is 1. The van der Waals surface area contributed by atoms with Crippen LogP contribution in [0.15, 0.2) is 29.3 Å². The van der Waals surface area contributed by atoms with Gasteiger partial charge in [-0.05, 0) is 24.3 Å². The van der Waals surface area contributed by atoms with Crippen molar-refractivity contribution in [3.63, 3.8) is 0 Å². The molecule has 0 aliphatic heterocycles. The molecule has 0 spiro atoms. The predicted molar refractivity (Wildman–Crippen MR) is 61.4 cm³/mol. The van der Waals surface area contributed by atoms with Gasteiger partial charge in [0.1, 0.15) is 5.75 Å². The van der Waals surface area contributed by atoms with Crippen molar-refractivity contribution in [1.82, 2.24) is 0 Å². The van der Waals surface area contributed by atoms with Crippen molar-refractivity contribution in [1.29, 1.82) is 0 Å². The molecule has 0 unspecified atom stereocenters. The van der Waals surface area contributed by atoms with E-state index in [1.54, 1.807) is 6.92 Å². The third-order valence-corrected chi connectivity index (χ3v) is 2.12. The zero-order chi connectivity index (χ0) is 13.8. The van der Waals surface area contributed by atoms with Crippen molar-refractivity contribution in [3.8, 4) is 5.75 Å². The van der Waals surface area contributed by atoms with Gasteiger partial charge in [-0.25, -0.2) is 4.99 Å². The normalized spacial score (nSPS) is 12.4. The van der Waals surface area contributed by atoms with Crippen LogP contribution in [-0.4, -0.2) is 17.3 Å². The largest absolute Gasteiger partial charge is 0.444 e. The first-order valence-corrected chi connectivity index (χ1v) is 5.33. The van der Waals surface area contributed by atoms with Crippen molar-refractivity contribution in [2.75, 3.05) is 0 Å². The minimum Gasteiger partial charge on any atom is -0.427 e. The molecule has 0 bridgehead atoms. The fraction of sp³-hybridized carbons (Fsp3) is 0.273. The second kappa shape index (κ2) is 5.86. The Bertz CT molecular complexity index is 454. The van der Waals surface area contributed by atoms with Crippen molar-refractivity contribution in [3.05, 3.63) is 24.3 Å². The van der Waals surface area contributed by atoms with Crippen LogP contribution in [0.2, 0.25) is 0 Å². The van der Waals surface area contributed by atoms with E-state index in [9.17, 15) is 18.0 Å². The Labute approximate surface area is 106 Å². The quantitative estimate of drug-likeness (QED) is 0.479. The van der Waals surface area contributed by atoms with E-state index in [0.717, 1.165) is 0 Å². The molecular formula is C11H9ClF3NO2. The summed E-state index contributed by atoms with van der Waals surface area (Å²) in [5.74, 6) is -0.191. The average Bonchev–Trinajstić information content (AvgIpc) is 2.30. The average molecular weight is 280 g/mol. The number of rotatable bonds is 3. The molecule has 0 aromatic heterocycles. The summed E-state index contributed by atoms with van der Waals surface area (Å²) < 4.78 is 41.1. The van der Waals surface area contributed by atoms with E-state index >= 15 is 0 Å². The van der Waals surface area contributed by atoms with Crippen LogP contribution in [0.25, 0.3) is 0 Å². The minimum atomic E-state index is -4.67. The Morgan fingerprint density at radius 3 is 2.33 bits per heavy atom. The van der Waals surface area contributed by atoms with Crippen LogP contribution >= 0.6 is 11.6 Å². The van der Waals surface area contributed by atoms with Gasteiger partial charge in [-0.1, -0.05) is 18.5 Å². The molecule has 0 amide bonds. The van der Waals surface area contributed by atoms with E-state index in [2.05, 4.69) is 4.99 Å². The molecule has 1 aromatic carbocycles. The zero-order valence-corrected chi connectivity index (χ0v) is 10.0. The summed E-state index contributed by atoms with van der Waals surface area (Å²) in [5, 5.41) is -1.46. The number of halogens is 4. The van der Waals surface area contributed by atoms with Crippen molar-refractivity contribution >= 4 is 28.4 Å². The van der Waals surface area contributed by atoms with Gasteiger partial charge in [-0.2, -0.15) is 13.2 Å². The highest BCUT2D eigenvalue weighted by Gasteiger charge is 2.34. The summed E-state index contributed by atoms with van der Waals surface area (Å²) in [7, 11) is 0. The number of hydrogen-bond donors (Lipinski definition) is 0. The van der Waals surface area contributed by atoms with Gasteiger partial charge in [0.2, 0.25) is 5.17 Å². The van der Waals surface area contributed by atoms with Crippen LogP contribution in [0.3, 0.4) is 0 Å². The number of aliphatic imine (C=N–C) groups is 1. The molecular weight excluding hydrogens is 271 g/mol. The smallest absolute Gasteiger partial charge is 0.427 e. The van der Waals surface area contributed by atoms with E-state index in [1.807, 2.05) is 0 Å². The summed E-state index contributed by atoms with van der Waals surface area (Å²) in [6.07, 6.45) is -4.46. The van der Waals surface area contributed by atoms with E-state index in [-0.39, 0.29) is 17.9 Å². The van der Waals surface area contributed by atoms with E-state index < -0.39 is 17.3 Å². The monoisotopic (exact) mass is 279 g/mol. The third kappa shape index (κ3) is 4.37. The summed E-state index contributed by atoms with van der Waals surface area (Å²) in [6.45, 7) is 1.63. The lowest BCUT2D eigenvalue weighted by Gasteiger charge is -2.04. The fourth-order valence-corrected chi connectivity index (χ4v) is 1.07. The second-order valence-corrected chi connectivity index (χ2v) is 3.58. The molecule has 0 aliphatic rings. The Kier molecular flexibility index (Phi) is 4.72. The molecule has 18 heavy (non-hydrogen) atoms. The van der Waals surface area contributed by atoms with Gasteiger partial charge in [-0.3, -0.25) is 4.79 Å². The van der Waals surface area contributed by atoms with E-state index in [0.29, 0.717) is 0 Å². The highest BCUT2D eigenvalue weighted by atomic mass is 35.5. The Morgan fingerprint density at radius 1 is 1.33 bits per heavy atom. The lowest BCUT2D eigenvalue weighted by molar-refractivity contribution is -0.134. The number of benzene rings is 1. The summed E-state index contributed by atoms with van der Waals surface area (Å²) >= 11 is 4.98. The standard InChI is InChI=1S/C11H9ClF3NO2/c1-2-9(17)18-8-5-3-7(4-6-8)16-10(12)11(13,14)15/h3-6H,2H2,1H3. The minimum absolute atomic E-state index is 0.0219. The molecule has 98 valence electrons. The van der Waals surface area contributed by atoms with Crippen LogP contribution in [0, 0.1) is 0 Å². The van der Waals surface area contributed by atoms with Crippen LogP contribution in [-0.2, 0) is 4.79 Å². The molecule has 0 N–H and O–H groups in total. The Morgan fingerprint density at radius 2 is 1.89 bits per heavy atom. The SMILES string of the molecule is CCC(=O)Oc1ccc(N=C(Cl)C(F)(F)F)cc1.